The number of nitrogens with one attached hydrogen (secondary N) is 3. The monoisotopic (exact) mass is 376 g/mol. The molecule has 1 aromatic carbocycles. The number of carbonyl (C=O) groups excluding carboxylic acids is 1. The fourth-order valence-corrected chi connectivity index (χ4v) is 2.72. The number of aryl methyl sites for hydroxylation is 2. The van der Waals surface area contributed by atoms with Crippen LogP contribution in [-0.4, -0.2) is 42.1 Å². The number of nitrogens with zero attached hydrogens (tertiary/aromatic N) is 5. The molecule has 0 aliphatic rings. The van der Waals surface area contributed by atoms with Crippen LogP contribution in [0.25, 0.3) is 16.9 Å². The molecule has 0 fully saturated rings. The van der Waals surface area contributed by atoms with Gasteiger partial charge < -0.3 is 4.98 Å². The van der Waals surface area contributed by atoms with Gasteiger partial charge in [0.15, 0.2) is 0 Å². The van der Waals surface area contributed by atoms with Crippen LogP contribution in [0, 0.1) is 13.8 Å². The van der Waals surface area contributed by atoms with E-state index in [0.717, 1.165) is 16.5 Å². The molecule has 28 heavy (non-hydrogen) atoms. The van der Waals surface area contributed by atoms with E-state index in [2.05, 4.69) is 35.8 Å². The van der Waals surface area contributed by atoms with Gasteiger partial charge in [-0.15, -0.1) is 10.2 Å². The lowest BCUT2D eigenvalue weighted by atomic mass is 10.2. The SMILES string of the molecule is Cc1cc(C(=O)N/N=C\c2c[nH]c3ccccc23)n(-c2nnc(C)c(=O)[nH]2)n1. The van der Waals surface area contributed by atoms with Crippen molar-refractivity contribution in [2.75, 3.05) is 0 Å². The molecule has 4 rings (SSSR count). The van der Waals surface area contributed by atoms with Gasteiger partial charge in [-0.2, -0.15) is 14.9 Å². The third kappa shape index (κ3) is 3.18. The number of aromatic amines is 2. The van der Waals surface area contributed by atoms with Crippen molar-refractivity contribution in [3.8, 4) is 5.95 Å². The van der Waals surface area contributed by atoms with Gasteiger partial charge in [0.25, 0.3) is 17.4 Å². The van der Waals surface area contributed by atoms with Crippen molar-refractivity contribution in [1.82, 2.24) is 35.4 Å². The third-order valence-electron chi connectivity index (χ3n) is 4.10. The minimum Gasteiger partial charge on any atom is -0.361 e. The molecule has 0 spiro atoms. The number of rotatable bonds is 4. The number of fused-ring (bicyclic) bond motifs is 1. The Hall–Kier alpha value is -4.08. The lowest BCUT2D eigenvalue weighted by molar-refractivity contribution is 0.0947. The van der Waals surface area contributed by atoms with E-state index in [9.17, 15) is 9.59 Å². The lowest BCUT2D eigenvalue weighted by Crippen LogP contribution is -2.24. The number of para-hydroxylation sites is 1. The first kappa shape index (κ1) is 17.3. The van der Waals surface area contributed by atoms with E-state index in [0.29, 0.717) is 5.69 Å². The summed E-state index contributed by atoms with van der Waals surface area (Å²) in [6, 6.07) is 9.34. The molecule has 0 saturated heterocycles. The Bertz CT molecular complexity index is 1260. The molecule has 0 bridgehead atoms. The predicted octanol–water partition coefficient (Wildman–Crippen LogP) is 1.21. The molecule has 4 aromatic rings. The number of hydrogen-bond acceptors (Lipinski definition) is 6. The van der Waals surface area contributed by atoms with Crippen LogP contribution in [0.5, 0.6) is 0 Å². The van der Waals surface area contributed by atoms with E-state index in [4.69, 9.17) is 0 Å². The topological polar surface area (TPSA) is 134 Å². The zero-order valence-corrected chi connectivity index (χ0v) is 15.1. The first-order valence-corrected chi connectivity index (χ1v) is 8.43. The molecule has 1 amide bonds. The second-order valence-corrected chi connectivity index (χ2v) is 6.13. The number of hydrogen-bond donors (Lipinski definition) is 3. The highest BCUT2D eigenvalue weighted by atomic mass is 16.2. The highest BCUT2D eigenvalue weighted by molar-refractivity contribution is 6.00. The van der Waals surface area contributed by atoms with Gasteiger partial charge in [-0.25, -0.2) is 5.43 Å². The normalized spacial score (nSPS) is 11.4. The van der Waals surface area contributed by atoms with Gasteiger partial charge in [0, 0.05) is 22.7 Å². The fraction of sp³-hybridized carbons (Fsp3) is 0.111. The van der Waals surface area contributed by atoms with E-state index in [1.54, 1.807) is 25.4 Å². The second-order valence-electron chi connectivity index (χ2n) is 6.13. The molecule has 140 valence electrons. The molecule has 3 aromatic heterocycles. The van der Waals surface area contributed by atoms with Crippen molar-refractivity contribution < 1.29 is 4.79 Å². The predicted molar refractivity (Wildman–Crippen MR) is 103 cm³/mol. The average molecular weight is 376 g/mol. The molecule has 0 aliphatic heterocycles. The summed E-state index contributed by atoms with van der Waals surface area (Å²) in [6.07, 6.45) is 3.36. The van der Waals surface area contributed by atoms with Crippen molar-refractivity contribution in [2.45, 2.75) is 13.8 Å². The summed E-state index contributed by atoms with van der Waals surface area (Å²) < 4.78 is 1.22. The minimum atomic E-state index is -0.500. The second kappa shape index (κ2) is 6.91. The Morgan fingerprint density at radius 1 is 1.25 bits per heavy atom. The lowest BCUT2D eigenvalue weighted by Gasteiger charge is -2.04. The van der Waals surface area contributed by atoms with Gasteiger partial charge in [0.05, 0.1) is 11.9 Å². The van der Waals surface area contributed by atoms with E-state index in [1.165, 1.54) is 11.6 Å². The van der Waals surface area contributed by atoms with Crippen molar-refractivity contribution in [3.05, 3.63) is 69.5 Å². The van der Waals surface area contributed by atoms with E-state index < -0.39 is 11.5 Å². The van der Waals surface area contributed by atoms with Crippen molar-refractivity contribution >= 4 is 23.0 Å². The number of carbonyl (C=O) groups is 1. The Labute approximate surface area is 158 Å². The zero-order valence-electron chi connectivity index (χ0n) is 15.1. The van der Waals surface area contributed by atoms with Gasteiger partial charge in [0.1, 0.15) is 11.4 Å². The molecule has 0 unspecified atom stereocenters. The number of benzene rings is 1. The summed E-state index contributed by atoms with van der Waals surface area (Å²) in [5, 5.41) is 16.9. The Kier molecular flexibility index (Phi) is 4.28. The van der Waals surface area contributed by atoms with Crippen LogP contribution in [0.3, 0.4) is 0 Å². The smallest absolute Gasteiger partial charge is 0.290 e. The van der Waals surface area contributed by atoms with Gasteiger partial charge in [-0.05, 0) is 26.0 Å². The Morgan fingerprint density at radius 2 is 2.07 bits per heavy atom. The van der Waals surface area contributed by atoms with Crippen LogP contribution < -0.4 is 11.0 Å². The van der Waals surface area contributed by atoms with Crippen molar-refractivity contribution in [2.24, 2.45) is 5.10 Å². The molecule has 0 atom stereocenters. The first-order chi connectivity index (χ1) is 13.5. The standard InChI is InChI=1S/C18H16N8O2/c1-10-7-15(26(25-10)18-21-16(27)11(2)22-24-18)17(28)23-20-9-12-8-19-14-6-4-3-5-13(12)14/h3-9,19H,1-2H3,(H,23,28)(H,21,24,27)/b20-9-. The highest BCUT2D eigenvalue weighted by Gasteiger charge is 2.17. The summed E-state index contributed by atoms with van der Waals surface area (Å²) in [4.78, 5) is 30.0. The maximum Gasteiger partial charge on any atom is 0.290 e. The van der Waals surface area contributed by atoms with Crippen LogP contribution in [-0.2, 0) is 0 Å². The third-order valence-corrected chi connectivity index (χ3v) is 4.10. The molecule has 10 nitrogen and oxygen atoms in total. The van der Waals surface area contributed by atoms with Crippen molar-refractivity contribution in [1.29, 1.82) is 0 Å². The Morgan fingerprint density at radius 3 is 2.89 bits per heavy atom. The van der Waals surface area contributed by atoms with Gasteiger partial charge in [-0.3, -0.25) is 14.6 Å². The molecule has 10 heteroatoms. The van der Waals surface area contributed by atoms with Crippen molar-refractivity contribution in [3.63, 3.8) is 0 Å². The average Bonchev–Trinajstić information content (AvgIpc) is 3.28. The molecule has 0 saturated carbocycles. The van der Waals surface area contributed by atoms with E-state index in [1.807, 2.05) is 24.3 Å². The van der Waals surface area contributed by atoms with Gasteiger partial charge in [0.2, 0.25) is 0 Å². The van der Waals surface area contributed by atoms with Crippen LogP contribution >= 0.6 is 0 Å². The fourth-order valence-electron chi connectivity index (χ4n) is 2.72. The summed E-state index contributed by atoms with van der Waals surface area (Å²) in [6.45, 7) is 3.26. The molecular formula is C18H16N8O2. The van der Waals surface area contributed by atoms with Crippen LogP contribution in [0.15, 0.2) is 46.4 Å². The van der Waals surface area contributed by atoms with Gasteiger partial charge >= 0.3 is 0 Å². The van der Waals surface area contributed by atoms with E-state index >= 15 is 0 Å². The first-order valence-electron chi connectivity index (χ1n) is 8.43. The largest absolute Gasteiger partial charge is 0.361 e. The number of amides is 1. The molecule has 3 N–H and O–H groups in total. The summed E-state index contributed by atoms with van der Waals surface area (Å²) in [7, 11) is 0. The highest BCUT2D eigenvalue weighted by Crippen LogP contribution is 2.15. The molecule has 3 heterocycles. The maximum absolute atomic E-state index is 12.6. The van der Waals surface area contributed by atoms with Gasteiger partial charge in [-0.1, -0.05) is 18.2 Å². The van der Waals surface area contributed by atoms with Crippen LogP contribution in [0.4, 0.5) is 0 Å². The number of hydrazone groups is 1. The summed E-state index contributed by atoms with van der Waals surface area (Å²) >= 11 is 0. The minimum absolute atomic E-state index is 0.0504. The molecular weight excluding hydrogens is 360 g/mol. The maximum atomic E-state index is 12.6. The molecule has 0 radical (unpaired) electrons. The van der Waals surface area contributed by atoms with Crippen LogP contribution in [0.1, 0.15) is 27.4 Å². The zero-order chi connectivity index (χ0) is 19.7. The Balaban J connectivity index is 1.58. The number of H-pyrrole nitrogens is 2. The van der Waals surface area contributed by atoms with E-state index in [-0.39, 0.29) is 17.3 Å². The quantitative estimate of drug-likeness (QED) is 0.364. The summed E-state index contributed by atoms with van der Waals surface area (Å²) in [5.41, 5.74) is 4.86. The van der Waals surface area contributed by atoms with Crippen LogP contribution in [0.2, 0.25) is 0 Å². The number of aromatic nitrogens is 6. The molecule has 0 aliphatic carbocycles. The summed E-state index contributed by atoms with van der Waals surface area (Å²) in [5.74, 6) is -0.450.